The van der Waals surface area contributed by atoms with Crippen LogP contribution in [0.2, 0.25) is 0 Å². The van der Waals surface area contributed by atoms with Crippen molar-refractivity contribution in [1.29, 1.82) is 0 Å². The van der Waals surface area contributed by atoms with Crippen molar-refractivity contribution in [3.05, 3.63) is 48.2 Å². The number of allylic oxidation sites excluding steroid dienone is 6. The van der Waals surface area contributed by atoms with Crippen molar-refractivity contribution >= 4 is 0 Å². The van der Waals surface area contributed by atoms with Gasteiger partial charge in [-0.15, -0.1) is 0 Å². The van der Waals surface area contributed by atoms with Crippen LogP contribution in [0.5, 0.6) is 0 Å². The molecule has 0 spiro atoms. The van der Waals surface area contributed by atoms with Gasteiger partial charge in [0.25, 0.3) is 0 Å². The molecule has 1 heterocycles. The Bertz CT molecular complexity index is 342. The van der Waals surface area contributed by atoms with Crippen molar-refractivity contribution in [1.82, 2.24) is 4.90 Å². The number of hydrogen-bond donors (Lipinski definition) is 0. The molecule has 0 fully saturated rings. The molecular weight excluding hydrogens is 194 g/mol. The van der Waals surface area contributed by atoms with Crippen molar-refractivity contribution in [3.63, 3.8) is 0 Å². The van der Waals surface area contributed by atoms with Gasteiger partial charge in [-0.2, -0.15) is 0 Å². The highest BCUT2D eigenvalue weighted by Crippen LogP contribution is 2.23. The summed E-state index contributed by atoms with van der Waals surface area (Å²) in [6.07, 6.45) is 12.1. The normalized spacial score (nSPS) is 25.6. The lowest BCUT2D eigenvalue weighted by Crippen LogP contribution is -2.16. The summed E-state index contributed by atoms with van der Waals surface area (Å²) in [7, 11) is 2.11. The Hall–Kier alpha value is -1.24. The lowest BCUT2D eigenvalue weighted by atomic mass is 9.88. The maximum Gasteiger partial charge on any atom is 0.0353 e. The van der Waals surface area contributed by atoms with Crippen LogP contribution in [0.15, 0.2) is 48.2 Å². The molecule has 0 aromatic carbocycles. The summed E-state index contributed by atoms with van der Waals surface area (Å²) in [4.78, 5) is 2.23. The minimum Gasteiger partial charge on any atom is -0.374 e. The molecule has 0 saturated carbocycles. The molecule has 0 N–H and O–H groups in total. The minimum atomic E-state index is 0.232. The predicted molar refractivity (Wildman–Crippen MR) is 72.2 cm³/mol. The van der Waals surface area contributed by atoms with Gasteiger partial charge in [0, 0.05) is 19.3 Å². The molecule has 1 nitrogen and oxygen atoms in total. The average molecular weight is 217 g/mol. The quantitative estimate of drug-likeness (QED) is 0.556. The van der Waals surface area contributed by atoms with Gasteiger partial charge >= 0.3 is 0 Å². The second kappa shape index (κ2) is 5.20. The van der Waals surface area contributed by atoms with Gasteiger partial charge in [-0.1, -0.05) is 44.7 Å². The lowest BCUT2D eigenvalue weighted by Gasteiger charge is -2.20. The maximum absolute atomic E-state index is 4.04. The van der Waals surface area contributed by atoms with Crippen molar-refractivity contribution < 1.29 is 0 Å². The van der Waals surface area contributed by atoms with E-state index in [4.69, 9.17) is 0 Å². The highest BCUT2D eigenvalue weighted by atomic mass is 15.1. The second-order valence-electron chi connectivity index (χ2n) is 5.24. The zero-order chi connectivity index (χ0) is 12.2. The molecule has 0 amide bonds. The summed E-state index contributed by atoms with van der Waals surface area (Å²) in [5.41, 5.74) is 2.55. The predicted octanol–water partition coefficient (Wildman–Crippen LogP) is 3.92. The van der Waals surface area contributed by atoms with Gasteiger partial charge in [0.2, 0.25) is 0 Å². The monoisotopic (exact) mass is 217 g/mol. The number of hydrogen-bond acceptors (Lipinski definition) is 1. The van der Waals surface area contributed by atoms with E-state index in [1.807, 2.05) is 0 Å². The van der Waals surface area contributed by atoms with Crippen LogP contribution in [0.1, 0.15) is 27.2 Å². The molecule has 0 atom stereocenters. The third kappa shape index (κ3) is 4.09. The molecule has 0 saturated heterocycles. The third-order valence-corrected chi connectivity index (χ3v) is 2.92. The smallest absolute Gasteiger partial charge is 0.0353 e. The fourth-order valence-electron chi connectivity index (χ4n) is 1.68. The zero-order valence-electron chi connectivity index (χ0n) is 11.0. The highest BCUT2D eigenvalue weighted by Gasteiger charge is 2.11. The Morgan fingerprint density at radius 3 is 2.69 bits per heavy atom. The van der Waals surface area contributed by atoms with Crippen molar-refractivity contribution in [2.75, 3.05) is 13.6 Å². The van der Waals surface area contributed by atoms with Crippen LogP contribution in [-0.4, -0.2) is 18.5 Å². The summed E-state index contributed by atoms with van der Waals surface area (Å²) >= 11 is 0. The van der Waals surface area contributed by atoms with Crippen molar-refractivity contribution in [3.8, 4) is 0 Å². The Labute approximate surface area is 99.8 Å². The number of nitrogens with zero attached hydrogens (tertiary/aromatic N) is 1. The summed E-state index contributed by atoms with van der Waals surface area (Å²) in [5.74, 6) is 0. The Kier molecular flexibility index (Phi) is 4.17. The van der Waals surface area contributed by atoms with E-state index in [0.29, 0.717) is 0 Å². The van der Waals surface area contributed by atoms with E-state index in [1.54, 1.807) is 0 Å². The molecule has 0 bridgehead atoms. The summed E-state index contributed by atoms with van der Waals surface area (Å²) in [5, 5.41) is 0. The number of likely N-dealkylation sites (N-methyl/N-ethyl adjacent to an activating group) is 1. The van der Waals surface area contributed by atoms with Crippen LogP contribution in [0.25, 0.3) is 0 Å². The van der Waals surface area contributed by atoms with Gasteiger partial charge in [0.05, 0.1) is 0 Å². The minimum absolute atomic E-state index is 0.232. The molecule has 0 unspecified atom stereocenters. The van der Waals surface area contributed by atoms with E-state index in [1.165, 1.54) is 5.70 Å². The first-order valence-corrected chi connectivity index (χ1v) is 5.83. The molecular formula is C15H23N. The fraction of sp³-hybridized carbons (Fsp3) is 0.467. The first-order valence-electron chi connectivity index (χ1n) is 5.83. The standard InChI is InChI=1S/C15H23N/c1-13-8-6-9-15(3,4)10-7-11-16(5)14(2)12-13/h6-8,10,12H,1,9,11H2,2-5H3/b8-6-,10-7+,14-12?. The zero-order valence-corrected chi connectivity index (χ0v) is 11.0. The van der Waals surface area contributed by atoms with Crippen LogP contribution < -0.4 is 0 Å². The van der Waals surface area contributed by atoms with E-state index in [9.17, 15) is 0 Å². The van der Waals surface area contributed by atoms with Gasteiger partial charge in [0.15, 0.2) is 0 Å². The molecule has 0 aliphatic carbocycles. The third-order valence-electron chi connectivity index (χ3n) is 2.92. The van der Waals surface area contributed by atoms with E-state index in [2.05, 4.69) is 69.7 Å². The van der Waals surface area contributed by atoms with E-state index in [-0.39, 0.29) is 5.41 Å². The average Bonchev–Trinajstić information content (AvgIpc) is 2.16. The Balaban J connectivity index is 2.92. The first-order chi connectivity index (χ1) is 7.41. The number of rotatable bonds is 0. The van der Waals surface area contributed by atoms with Gasteiger partial charge < -0.3 is 4.90 Å². The van der Waals surface area contributed by atoms with Crippen molar-refractivity contribution in [2.24, 2.45) is 5.41 Å². The molecule has 88 valence electrons. The second-order valence-corrected chi connectivity index (χ2v) is 5.24. The molecule has 16 heavy (non-hydrogen) atoms. The molecule has 1 aliphatic rings. The molecule has 0 radical (unpaired) electrons. The van der Waals surface area contributed by atoms with E-state index < -0.39 is 0 Å². The summed E-state index contributed by atoms with van der Waals surface area (Å²) < 4.78 is 0. The topological polar surface area (TPSA) is 3.24 Å². The Morgan fingerprint density at radius 1 is 1.31 bits per heavy atom. The van der Waals surface area contributed by atoms with E-state index >= 15 is 0 Å². The van der Waals surface area contributed by atoms with Crippen LogP contribution in [-0.2, 0) is 0 Å². The Morgan fingerprint density at radius 2 is 2.00 bits per heavy atom. The van der Waals surface area contributed by atoms with Gasteiger partial charge in [-0.3, -0.25) is 0 Å². The summed E-state index contributed by atoms with van der Waals surface area (Å²) in [6, 6.07) is 0. The molecule has 1 rings (SSSR count). The largest absolute Gasteiger partial charge is 0.374 e. The van der Waals surface area contributed by atoms with Crippen molar-refractivity contribution in [2.45, 2.75) is 27.2 Å². The van der Waals surface area contributed by atoms with E-state index in [0.717, 1.165) is 18.5 Å². The molecule has 0 aromatic rings. The van der Waals surface area contributed by atoms with Gasteiger partial charge in [-0.25, -0.2) is 0 Å². The maximum atomic E-state index is 4.04. The SMILES string of the molecule is C=C1C=C(C)N(C)C/C=C/C(C)(C)C/C=C\1. The lowest BCUT2D eigenvalue weighted by molar-refractivity contribution is 0.453. The van der Waals surface area contributed by atoms with Crippen LogP contribution in [0, 0.1) is 5.41 Å². The van der Waals surface area contributed by atoms with Gasteiger partial charge in [0.1, 0.15) is 0 Å². The van der Waals surface area contributed by atoms with Crippen LogP contribution >= 0.6 is 0 Å². The molecule has 1 aliphatic heterocycles. The molecule has 0 aromatic heterocycles. The fourth-order valence-corrected chi connectivity index (χ4v) is 1.68. The van der Waals surface area contributed by atoms with Crippen LogP contribution in [0.3, 0.4) is 0 Å². The molecule has 1 heteroatoms. The highest BCUT2D eigenvalue weighted by molar-refractivity contribution is 5.30. The summed E-state index contributed by atoms with van der Waals surface area (Å²) in [6.45, 7) is 11.6. The van der Waals surface area contributed by atoms with Gasteiger partial charge in [-0.05, 0) is 30.4 Å². The first kappa shape index (κ1) is 12.8. The van der Waals surface area contributed by atoms with Crippen LogP contribution in [0.4, 0.5) is 0 Å².